The number of nitrogens with zero attached hydrogens (tertiary/aromatic N) is 1. The van der Waals surface area contributed by atoms with Crippen LogP contribution < -0.4 is 5.32 Å². The molecule has 2 N–H and O–H groups in total. The molecule has 1 aromatic carbocycles. The topological polar surface area (TPSA) is 86.7 Å². The summed E-state index contributed by atoms with van der Waals surface area (Å²) in [5, 5.41) is 12.4. The Bertz CT molecular complexity index is 664. The van der Waals surface area contributed by atoms with Crippen molar-refractivity contribution in [2.45, 2.75) is 50.6 Å². The number of carboxylic acid groups (broad SMARTS) is 1. The molecule has 0 radical (unpaired) electrons. The third-order valence-corrected chi connectivity index (χ3v) is 4.84. The van der Waals surface area contributed by atoms with Gasteiger partial charge >= 0.3 is 5.97 Å². The van der Waals surface area contributed by atoms with E-state index in [4.69, 9.17) is 16.7 Å². The molecule has 2 amide bonds. The standard InChI is InChI=1S/C18H23ClN2O4/c1-21(12-13-3-2-4-14(19)11-13)16(23)6-9-18(10-7-17(24)25)8-5-15(22)20-18/h2-4,11H,5-10,12H2,1H3,(H,20,22)(H,24,25)/t18-/m1/s1. The van der Waals surface area contributed by atoms with Crippen LogP contribution in [0.5, 0.6) is 0 Å². The van der Waals surface area contributed by atoms with Gasteiger partial charge in [-0.15, -0.1) is 0 Å². The summed E-state index contributed by atoms with van der Waals surface area (Å²) in [6, 6.07) is 7.34. The Morgan fingerprint density at radius 3 is 2.64 bits per heavy atom. The first-order valence-electron chi connectivity index (χ1n) is 8.31. The highest BCUT2D eigenvalue weighted by Crippen LogP contribution is 2.30. The number of rotatable bonds is 8. The minimum atomic E-state index is -0.898. The van der Waals surface area contributed by atoms with Gasteiger partial charge in [0.25, 0.3) is 0 Å². The summed E-state index contributed by atoms with van der Waals surface area (Å²) >= 11 is 5.96. The highest BCUT2D eigenvalue weighted by molar-refractivity contribution is 6.30. The molecule has 0 unspecified atom stereocenters. The van der Waals surface area contributed by atoms with Crippen molar-refractivity contribution >= 4 is 29.4 Å². The summed E-state index contributed by atoms with van der Waals surface area (Å²) in [4.78, 5) is 36.5. The van der Waals surface area contributed by atoms with Gasteiger partial charge in [0.05, 0.1) is 0 Å². The van der Waals surface area contributed by atoms with Crippen molar-refractivity contribution < 1.29 is 19.5 Å². The Balaban J connectivity index is 1.91. The predicted octanol–water partition coefficient (Wildman–Crippen LogP) is 2.59. The second-order valence-corrected chi connectivity index (χ2v) is 7.04. The highest BCUT2D eigenvalue weighted by Gasteiger charge is 2.38. The summed E-state index contributed by atoms with van der Waals surface area (Å²) < 4.78 is 0. The summed E-state index contributed by atoms with van der Waals surface area (Å²) in [6.07, 6.45) is 1.99. The van der Waals surface area contributed by atoms with Crippen molar-refractivity contribution in [3.63, 3.8) is 0 Å². The van der Waals surface area contributed by atoms with Gasteiger partial charge in [0.1, 0.15) is 0 Å². The molecule has 2 rings (SSSR count). The molecule has 1 aliphatic rings. The fourth-order valence-electron chi connectivity index (χ4n) is 3.15. The van der Waals surface area contributed by atoms with Crippen LogP contribution in [0, 0.1) is 0 Å². The summed E-state index contributed by atoms with van der Waals surface area (Å²) in [5.74, 6) is -1.02. The monoisotopic (exact) mass is 366 g/mol. The lowest BCUT2D eigenvalue weighted by atomic mass is 9.86. The smallest absolute Gasteiger partial charge is 0.303 e. The quantitative estimate of drug-likeness (QED) is 0.740. The first kappa shape index (κ1) is 19.2. The average molecular weight is 367 g/mol. The van der Waals surface area contributed by atoms with Gasteiger partial charge in [-0.2, -0.15) is 0 Å². The zero-order valence-corrected chi connectivity index (χ0v) is 15.0. The lowest BCUT2D eigenvalue weighted by Gasteiger charge is -2.29. The molecule has 0 saturated carbocycles. The van der Waals surface area contributed by atoms with Crippen LogP contribution in [0.2, 0.25) is 5.02 Å². The zero-order chi connectivity index (χ0) is 18.4. The minimum Gasteiger partial charge on any atom is -0.481 e. The van der Waals surface area contributed by atoms with Crippen LogP contribution in [-0.2, 0) is 20.9 Å². The number of carboxylic acids is 1. The summed E-state index contributed by atoms with van der Waals surface area (Å²) in [6.45, 7) is 0.452. The van der Waals surface area contributed by atoms with Gasteiger partial charge in [-0.05, 0) is 37.0 Å². The Morgan fingerprint density at radius 1 is 1.32 bits per heavy atom. The second kappa shape index (κ2) is 8.34. The van der Waals surface area contributed by atoms with Gasteiger partial charge in [0, 0.05) is 43.4 Å². The van der Waals surface area contributed by atoms with E-state index in [1.54, 1.807) is 18.0 Å². The van der Waals surface area contributed by atoms with E-state index in [1.165, 1.54) is 0 Å². The Hall–Kier alpha value is -2.08. The van der Waals surface area contributed by atoms with E-state index >= 15 is 0 Å². The number of benzene rings is 1. The molecule has 1 aromatic rings. The molecule has 1 saturated heterocycles. The molecular formula is C18H23ClN2O4. The maximum Gasteiger partial charge on any atom is 0.303 e. The van der Waals surface area contributed by atoms with E-state index in [9.17, 15) is 14.4 Å². The van der Waals surface area contributed by atoms with Crippen LogP contribution >= 0.6 is 11.6 Å². The molecule has 1 atom stereocenters. The zero-order valence-electron chi connectivity index (χ0n) is 14.3. The average Bonchev–Trinajstić information content (AvgIpc) is 2.92. The largest absolute Gasteiger partial charge is 0.481 e. The number of aliphatic carboxylic acids is 1. The second-order valence-electron chi connectivity index (χ2n) is 6.60. The Labute approximate surface area is 152 Å². The SMILES string of the molecule is CN(Cc1cccc(Cl)c1)C(=O)CC[C@@]1(CCC(=O)O)CCC(=O)N1. The number of hydrogen-bond donors (Lipinski definition) is 2. The molecule has 25 heavy (non-hydrogen) atoms. The Kier molecular flexibility index (Phi) is 6.42. The lowest BCUT2D eigenvalue weighted by molar-refractivity contribution is -0.137. The molecule has 0 spiro atoms. The molecule has 0 aromatic heterocycles. The van der Waals surface area contributed by atoms with Gasteiger partial charge in [0.15, 0.2) is 0 Å². The van der Waals surface area contributed by atoms with Crippen LogP contribution in [0.4, 0.5) is 0 Å². The number of amides is 2. The molecular weight excluding hydrogens is 344 g/mol. The first-order valence-corrected chi connectivity index (χ1v) is 8.69. The van der Waals surface area contributed by atoms with E-state index in [0.717, 1.165) is 5.56 Å². The third-order valence-electron chi connectivity index (χ3n) is 4.60. The van der Waals surface area contributed by atoms with E-state index in [0.29, 0.717) is 37.3 Å². The summed E-state index contributed by atoms with van der Waals surface area (Å²) in [7, 11) is 1.72. The van der Waals surface area contributed by atoms with Crippen LogP contribution in [-0.4, -0.2) is 40.4 Å². The molecule has 1 fully saturated rings. The van der Waals surface area contributed by atoms with Crippen LogP contribution in [0.3, 0.4) is 0 Å². The maximum atomic E-state index is 12.4. The van der Waals surface area contributed by atoms with Gasteiger partial charge in [-0.25, -0.2) is 0 Å². The normalized spacial score (nSPS) is 19.5. The number of carbonyl (C=O) groups excluding carboxylic acids is 2. The molecule has 1 aliphatic heterocycles. The van der Waals surface area contributed by atoms with Crippen molar-refractivity contribution in [2.75, 3.05) is 7.05 Å². The third kappa shape index (κ3) is 5.74. The molecule has 6 nitrogen and oxygen atoms in total. The number of carbonyl (C=O) groups is 3. The van der Waals surface area contributed by atoms with Crippen LogP contribution in [0.15, 0.2) is 24.3 Å². The van der Waals surface area contributed by atoms with Gasteiger partial charge in [-0.1, -0.05) is 23.7 Å². The predicted molar refractivity (Wildman–Crippen MR) is 94.1 cm³/mol. The van der Waals surface area contributed by atoms with Crippen molar-refractivity contribution in [1.29, 1.82) is 0 Å². The van der Waals surface area contributed by atoms with Crippen molar-refractivity contribution in [1.82, 2.24) is 10.2 Å². The molecule has 1 heterocycles. The molecule has 0 bridgehead atoms. The number of halogens is 1. The van der Waals surface area contributed by atoms with Gasteiger partial charge in [-0.3, -0.25) is 14.4 Å². The molecule has 136 valence electrons. The van der Waals surface area contributed by atoms with Gasteiger partial charge in [0.2, 0.25) is 11.8 Å². The fraction of sp³-hybridized carbons (Fsp3) is 0.500. The Morgan fingerprint density at radius 2 is 2.04 bits per heavy atom. The van der Waals surface area contributed by atoms with E-state index in [1.807, 2.05) is 18.2 Å². The van der Waals surface area contributed by atoms with E-state index < -0.39 is 11.5 Å². The maximum absolute atomic E-state index is 12.4. The summed E-state index contributed by atoms with van der Waals surface area (Å²) in [5.41, 5.74) is 0.361. The van der Waals surface area contributed by atoms with Gasteiger partial charge < -0.3 is 15.3 Å². The lowest BCUT2D eigenvalue weighted by Crippen LogP contribution is -2.43. The minimum absolute atomic E-state index is 0.0210. The molecule has 0 aliphatic carbocycles. The van der Waals surface area contributed by atoms with Crippen LogP contribution in [0.1, 0.15) is 44.1 Å². The molecule has 7 heteroatoms. The van der Waals surface area contributed by atoms with Crippen molar-refractivity contribution in [3.05, 3.63) is 34.9 Å². The van der Waals surface area contributed by atoms with Crippen molar-refractivity contribution in [2.24, 2.45) is 0 Å². The van der Waals surface area contributed by atoms with E-state index in [2.05, 4.69) is 5.32 Å². The fourth-order valence-corrected chi connectivity index (χ4v) is 3.37. The number of hydrogen-bond acceptors (Lipinski definition) is 3. The highest BCUT2D eigenvalue weighted by atomic mass is 35.5. The van der Waals surface area contributed by atoms with Crippen molar-refractivity contribution in [3.8, 4) is 0 Å². The van der Waals surface area contributed by atoms with Crippen LogP contribution in [0.25, 0.3) is 0 Å². The van der Waals surface area contributed by atoms with E-state index in [-0.39, 0.29) is 24.7 Å². The number of nitrogens with one attached hydrogen (secondary N) is 1. The first-order chi connectivity index (χ1) is 11.8.